The van der Waals surface area contributed by atoms with E-state index in [1.165, 1.54) is 17.1 Å². The van der Waals surface area contributed by atoms with E-state index in [2.05, 4.69) is 50.0 Å². The molecule has 0 bridgehead atoms. The molecule has 1 aromatic heterocycles. The molecule has 0 saturated heterocycles. The summed E-state index contributed by atoms with van der Waals surface area (Å²) in [6.07, 6.45) is 2.41. The number of hydrogen-bond acceptors (Lipinski definition) is 4. The van der Waals surface area contributed by atoms with Gasteiger partial charge in [-0.25, -0.2) is 4.98 Å². The Labute approximate surface area is 176 Å². The van der Waals surface area contributed by atoms with E-state index in [0.29, 0.717) is 13.2 Å². The second-order valence-electron chi connectivity index (χ2n) is 5.86. The molecule has 2 aromatic carbocycles. The summed E-state index contributed by atoms with van der Waals surface area (Å²) in [5.74, 6) is 2.49. The van der Waals surface area contributed by atoms with Gasteiger partial charge in [0.25, 0.3) is 0 Å². The van der Waals surface area contributed by atoms with Gasteiger partial charge in [0.2, 0.25) is 0 Å². The molecule has 1 heterocycles. The number of aliphatic imine (C=N–C) groups is 1. The van der Waals surface area contributed by atoms with Crippen LogP contribution in [0.4, 0.5) is 0 Å². The standard InChI is InChI=1S/C19H24N6O.HI/c1-20-19(22-13-18-23-14-24-25(18)2)21-10-5-11-26-17-9-8-15-6-3-4-7-16(15)12-17;/h3-4,6-9,12,14H,5,10-11,13H2,1-2H3,(H2,20,21,22);1H. The lowest BCUT2D eigenvalue weighted by Crippen LogP contribution is -2.38. The summed E-state index contributed by atoms with van der Waals surface area (Å²) in [5.41, 5.74) is 0. The van der Waals surface area contributed by atoms with Gasteiger partial charge in [-0.2, -0.15) is 5.10 Å². The quantitative estimate of drug-likeness (QED) is 0.236. The van der Waals surface area contributed by atoms with E-state index in [9.17, 15) is 0 Å². The lowest BCUT2D eigenvalue weighted by Gasteiger charge is -2.12. The minimum atomic E-state index is 0. The Balaban J connectivity index is 0.00000261. The molecule has 0 amide bonds. The van der Waals surface area contributed by atoms with Crippen LogP contribution in [0, 0.1) is 0 Å². The van der Waals surface area contributed by atoms with Crippen molar-refractivity contribution in [1.29, 1.82) is 0 Å². The molecule has 2 N–H and O–H groups in total. The first-order chi connectivity index (χ1) is 12.8. The molecule has 7 nitrogen and oxygen atoms in total. The van der Waals surface area contributed by atoms with Gasteiger partial charge in [0.1, 0.15) is 17.9 Å². The highest BCUT2D eigenvalue weighted by molar-refractivity contribution is 14.0. The fraction of sp³-hybridized carbons (Fsp3) is 0.316. The van der Waals surface area contributed by atoms with Crippen molar-refractivity contribution >= 4 is 40.7 Å². The second-order valence-corrected chi connectivity index (χ2v) is 5.86. The van der Waals surface area contributed by atoms with E-state index >= 15 is 0 Å². The maximum atomic E-state index is 5.84. The van der Waals surface area contributed by atoms with Crippen molar-refractivity contribution < 1.29 is 4.74 Å². The molecule has 0 atom stereocenters. The average molecular weight is 480 g/mol. The van der Waals surface area contributed by atoms with Crippen molar-refractivity contribution in [2.75, 3.05) is 20.2 Å². The Morgan fingerprint density at radius 1 is 1.15 bits per heavy atom. The van der Waals surface area contributed by atoms with Crippen LogP contribution < -0.4 is 15.4 Å². The summed E-state index contributed by atoms with van der Waals surface area (Å²) in [6.45, 7) is 1.99. The number of aryl methyl sites for hydroxylation is 1. The van der Waals surface area contributed by atoms with Crippen molar-refractivity contribution in [3.8, 4) is 5.75 Å². The highest BCUT2D eigenvalue weighted by Crippen LogP contribution is 2.20. The number of benzene rings is 2. The van der Waals surface area contributed by atoms with Crippen LogP contribution in [0.25, 0.3) is 10.8 Å². The van der Waals surface area contributed by atoms with Gasteiger partial charge in [-0.1, -0.05) is 30.3 Å². The molecule has 8 heteroatoms. The molecule has 0 fully saturated rings. The number of hydrogen-bond donors (Lipinski definition) is 2. The summed E-state index contributed by atoms with van der Waals surface area (Å²) < 4.78 is 7.58. The predicted octanol–water partition coefficient (Wildman–Crippen LogP) is 2.72. The van der Waals surface area contributed by atoms with Gasteiger partial charge >= 0.3 is 0 Å². The third-order valence-corrected chi connectivity index (χ3v) is 4.05. The molecule has 0 aliphatic rings. The molecule has 0 unspecified atom stereocenters. The van der Waals surface area contributed by atoms with Gasteiger partial charge in [-0.05, 0) is 29.3 Å². The largest absolute Gasteiger partial charge is 0.494 e. The number of ether oxygens (including phenoxy) is 1. The van der Waals surface area contributed by atoms with Crippen LogP contribution in [-0.4, -0.2) is 40.9 Å². The third-order valence-electron chi connectivity index (χ3n) is 4.05. The van der Waals surface area contributed by atoms with Crippen LogP contribution in [0.3, 0.4) is 0 Å². The Morgan fingerprint density at radius 3 is 2.70 bits per heavy atom. The number of guanidine groups is 1. The molecule has 0 aliphatic carbocycles. The summed E-state index contributed by atoms with van der Waals surface area (Å²) in [4.78, 5) is 8.38. The zero-order valence-electron chi connectivity index (χ0n) is 15.6. The lowest BCUT2D eigenvalue weighted by atomic mass is 10.1. The molecule has 3 aromatic rings. The zero-order chi connectivity index (χ0) is 18.2. The van der Waals surface area contributed by atoms with Crippen LogP contribution in [-0.2, 0) is 13.6 Å². The fourth-order valence-electron chi connectivity index (χ4n) is 2.59. The number of halogens is 1. The molecule has 0 aliphatic heterocycles. The lowest BCUT2D eigenvalue weighted by molar-refractivity contribution is 0.311. The maximum Gasteiger partial charge on any atom is 0.191 e. The van der Waals surface area contributed by atoms with Crippen molar-refractivity contribution in [2.24, 2.45) is 12.0 Å². The van der Waals surface area contributed by atoms with E-state index in [4.69, 9.17) is 4.74 Å². The van der Waals surface area contributed by atoms with E-state index in [1.807, 2.05) is 25.2 Å². The SMILES string of the molecule is CN=C(NCCCOc1ccc2ccccc2c1)NCc1ncnn1C.I. The van der Waals surface area contributed by atoms with Crippen LogP contribution >= 0.6 is 24.0 Å². The smallest absolute Gasteiger partial charge is 0.191 e. The summed E-state index contributed by atoms with van der Waals surface area (Å²) in [6, 6.07) is 14.4. The molecular formula is C19H25IN6O. The van der Waals surface area contributed by atoms with Crippen molar-refractivity contribution in [3.05, 3.63) is 54.6 Å². The van der Waals surface area contributed by atoms with Crippen molar-refractivity contribution in [1.82, 2.24) is 25.4 Å². The molecular weight excluding hydrogens is 455 g/mol. The molecule has 0 radical (unpaired) electrons. The molecule has 3 rings (SSSR count). The molecule has 0 spiro atoms. The number of nitrogens with zero attached hydrogens (tertiary/aromatic N) is 4. The van der Waals surface area contributed by atoms with E-state index in [1.54, 1.807) is 11.7 Å². The van der Waals surface area contributed by atoms with Gasteiger partial charge < -0.3 is 15.4 Å². The Kier molecular flexibility index (Phi) is 8.31. The average Bonchev–Trinajstić information content (AvgIpc) is 3.08. The van der Waals surface area contributed by atoms with Crippen LogP contribution in [0.15, 0.2) is 53.8 Å². The molecule has 144 valence electrons. The molecule has 27 heavy (non-hydrogen) atoms. The number of aromatic nitrogens is 3. The van der Waals surface area contributed by atoms with Gasteiger partial charge in [-0.15, -0.1) is 24.0 Å². The highest BCUT2D eigenvalue weighted by Gasteiger charge is 2.02. The number of nitrogens with one attached hydrogen (secondary N) is 2. The third kappa shape index (κ3) is 6.09. The Hall–Kier alpha value is -2.36. The fourth-order valence-corrected chi connectivity index (χ4v) is 2.59. The normalized spacial score (nSPS) is 11.1. The Bertz CT molecular complexity index is 879. The molecule has 0 saturated carbocycles. The van der Waals surface area contributed by atoms with Crippen molar-refractivity contribution in [2.45, 2.75) is 13.0 Å². The number of rotatable bonds is 7. The highest BCUT2D eigenvalue weighted by atomic mass is 127. The predicted molar refractivity (Wildman–Crippen MR) is 119 cm³/mol. The van der Waals surface area contributed by atoms with E-state index in [0.717, 1.165) is 30.5 Å². The van der Waals surface area contributed by atoms with Crippen molar-refractivity contribution in [3.63, 3.8) is 0 Å². The monoisotopic (exact) mass is 480 g/mol. The topological polar surface area (TPSA) is 76.4 Å². The Morgan fingerprint density at radius 2 is 1.96 bits per heavy atom. The van der Waals surface area contributed by atoms with Gasteiger partial charge in [0, 0.05) is 20.6 Å². The van der Waals surface area contributed by atoms with Gasteiger partial charge in [-0.3, -0.25) is 9.67 Å². The zero-order valence-corrected chi connectivity index (χ0v) is 17.9. The summed E-state index contributed by atoms with van der Waals surface area (Å²) in [7, 11) is 3.61. The first kappa shape index (κ1) is 20.9. The maximum absolute atomic E-state index is 5.84. The first-order valence-corrected chi connectivity index (χ1v) is 8.65. The minimum absolute atomic E-state index is 0. The van der Waals surface area contributed by atoms with Gasteiger partial charge in [0.05, 0.1) is 13.2 Å². The van der Waals surface area contributed by atoms with Crippen LogP contribution in [0.2, 0.25) is 0 Å². The van der Waals surface area contributed by atoms with E-state index in [-0.39, 0.29) is 24.0 Å². The summed E-state index contributed by atoms with van der Waals surface area (Å²) in [5, 5.41) is 12.9. The summed E-state index contributed by atoms with van der Waals surface area (Å²) >= 11 is 0. The second kappa shape index (κ2) is 10.7. The first-order valence-electron chi connectivity index (χ1n) is 8.65. The minimum Gasteiger partial charge on any atom is -0.494 e. The van der Waals surface area contributed by atoms with Crippen LogP contribution in [0.5, 0.6) is 5.75 Å². The van der Waals surface area contributed by atoms with Gasteiger partial charge in [0.15, 0.2) is 5.96 Å². The van der Waals surface area contributed by atoms with E-state index < -0.39 is 0 Å². The van der Waals surface area contributed by atoms with Crippen LogP contribution in [0.1, 0.15) is 12.2 Å². The number of fused-ring (bicyclic) bond motifs is 1.